The van der Waals surface area contributed by atoms with E-state index >= 15 is 0 Å². The van der Waals surface area contributed by atoms with Crippen molar-refractivity contribution in [3.63, 3.8) is 0 Å². The molecule has 0 saturated carbocycles. The minimum Gasteiger partial charge on any atom is -0.396 e. The zero-order chi connectivity index (χ0) is 10.4. The van der Waals surface area contributed by atoms with Crippen molar-refractivity contribution in [2.45, 2.75) is 6.42 Å². The second-order valence-corrected chi connectivity index (χ2v) is 3.37. The average molecular weight is 191 g/mol. The van der Waals surface area contributed by atoms with Gasteiger partial charge < -0.3 is 10.0 Å². The minimum atomic E-state index is 0.209. The summed E-state index contributed by atoms with van der Waals surface area (Å²) in [6.45, 7) is 0.209. The second kappa shape index (κ2) is 5.45. The van der Waals surface area contributed by atoms with Gasteiger partial charge in [0.15, 0.2) is 0 Å². The van der Waals surface area contributed by atoms with E-state index in [-0.39, 0.29) is 6.61 Å². The van der Waals surface area contributed by atoms with Gasteiger partial charge in [-0.3, -0.25) is 0 Å². The Morgan fingerprint density at radius 1 is 1.29 bits per heavy atom. The lowest BCUT2D eigenvalue weighted by molar-refractivity contribution is 0.303. The van der Waals surface area contributed by atoms with Gasteiger partial charge in [-0.25, -0.2) is 0 Å². The Labute approximate surface area is 85.5 Å². The van der Waals surface area contributed by atoms with Crippen LogP contribution in [0.1, 0.15) is 12.0 Å². The molecule has 0 fully saturated rings. The van der Waals surface area contributed by atoms with Crippen LogP contribution in [-0.2, 0) is 0 Å². The Hall–Kier alpha value is -1.28. The van der Waals surface area contributed by atoms with E-state index in [0.717, 1.165) is 0 Å². The summed E-state index contributed by atoms with van der Waals surface area (Å²) < 4.78 is 0. The molecule has 0 heterocycles. The molecular weight excluding hydrogens is 174 g/mol. The first kappa shape index (κ1) is 10.8. The van der Waals surface area contributed by atoms with Crippen molar-refractivity contribution in [2.75, 3.05) is 25.6 Å². The van der Waals surface area contributed by atoms with E-state index in [1.165, 1.54) is 11.3 Å². The summed E-state index contributed by atoms with van der Waals surface area (Å²) in [4.78, 5) is 2.08. The molecule has 1 rings (SSSR count). The largest absolute Gasteiger partial charge is 0.396 e. The maximum atomic E-state index is 8.66. The first-order valence-corrected chi connectivity index (χ1v) is 4.79. The molecule has 2 heteroatoms. The van der Waals surface area contributed by atoms with Crippen LogP contribution in [0, 0.1) is 0 Å². The Kier molecular flexibility index (Phi) is 4.20. The van der Waals surface area contributed by atoms with Crippen molar-refractivity contribution in [1.29, 1.82) is 0 Å². The monoisotopic (exact) mass is 191 g/mol. The van der Waals surface area contributed by atoms with Crippen LogP contribution in [0.3, 0.4) is 0 Å². The Bertz CT molecular complexity index is 305. The van der Waals surface area contributed by atoms with Crippen LogP contribution in [0.5, 0.6) is 0 Å². The quantitative estimate of drug-likeness (QED) is 0.788. The topological polar surface area (TPSA) is 23.5 Å². The summed E-state index contributed by atoms with van der Waals surface area (Å²) in [5.41, 5.74) is 2.38. The Morgan fingerprint density at radius 2 is 2.00 bits per heavy atom. The molecule has 76 valence electrons. The summed E-state index contributed by atoms with van der Waals surface area (Å²) in [5, 5.41) is 8.66. The third-order valence-corrected chi connectivity index (χ3v) is 2.01. The van der Waals surface area contributed by atoms with Gasteiger partial charge in [-0.05, 0) is 18.1 Å². The van der Waals surface area contributed by atoms with E-state index < -0.39 is 0 Å². The van der Waals surface area contributed by atoms with Crippen LogP contribution in [-0.4, -0.2) is 25.8 Å². The molecule has 1 aromatic carbocycles. The number of aliphatic hydroxyl groups excluding tert-OH is 1. The lowest BCUT2D eigenvalue weighted by Crippen LogP contribution is -2.09. The van der Waals surface area contributed by atoms with E-state index in [9.17, 15) is 0 Å². The highest BCUT2D eigenvalue weighted by atomic mass is 16.2. The van der Waals surface area contributed by atoms with Gasteiger partial charge in [0, 0.05) is 26.4 Å². The molecule has 0 saturated heterocycles. The van der Waals surface area contributed by atoms with Crippen molar-refractivity contribution in [2.24, 2.45) is 0 Å². The van der Waals surface area contributed by atoms with Crippen molar-refractivity contribution in [1.82, 2.24) is 0 Å². The predicted octanol–water partition coefficient (Wildman–Crippen LogP) is 2.15. The fourth-order valence-electron chi connectivity index (χ4n) is 1.32. The first-order chi connectivity index (χ1) is 6.75. The number of rotatable bonds is 4. The molecule has 0 aromatic heterocycles. The molecule has 0 amide bonds. The molecule has 0 radical (unpaired) electrons. The van der Waals surface area contributed by atoms with Crippen LogP contribution in [0.4, 0.5) is 5.69 Å². The number of para-hydroxylation sites is 1. The number of hydrogen-bond acceptors (Lipinski definition) is 2. The van der Waals surface area contributed by atoms with E-state index in [1.54, 1.807) is 0 Å². The number of hydrogen-bond donors (Lipinski definition) is 1. The van der Waals surface area contributed by atoms with Crippen molar-refractivity contribution in [3.8, 4) is 0 Å². The summed E-state index contributed by atoms with van der Waals surface area (Å²) >= 11 is 0. The van der Waals surface area contributed by atoms with Crippen LogP contribution in [0.25, 0.3) is 6.08 Å². The van der Waals surface area contributed by atoms with E-state index in [0.29, 0.717) is 6.42 Å². The second-order valence-electron chi connectivity index (χ2n) is 3.37. The number of aliphatic hydroxyl groups is 1. The summed E-state index contributed by atoms with van der Waals surface area (Å²) in [6.07, 6.45) is 4.75. The molecule has 0 atom stereocenters. The highest BCUT2D eigenvalue weighted by molar-refractivity contribution is 5.67. The van der Waals surface area contributed by atoms with Gasteiger partial charge >= 0.3 is 0 Å². The SMILES string of the molecule is CN(C)c1ccccc1C=CCCO. The number of anilines is 1. The lowest BCUT2D eigenvalue weighted by Gasteiger charge is -2.15. The fourth-order valence-corrected chi connectivity index (χ4v) is 1.32. The maximum Gasteiger partial charge on any atom is 0.0465 e. The van der Waals surface area contributed by atoms with E-state index in [2.05, 4.69) is 17.0 Å². The molecule has 0 bridgehead atoms. The Balaban J connectivity index is 2.84. The molecular formula is C12H17NO. The molecule has 1 N–H and O–H groups in total. The van der Waals surface area contributed by atoms with Gasteiger partial charge in [0.2, 0.25) is 0 Å². The summed E-state index contributed by atoms with van der Waals surface area (Å²) in [6, 6.07) is 8.20. The minimum absolute atomic E-state index is 0.209. The maximum absolute atomic E-state index is 8.66. The van der Waals surface area contributed by atoms with E-state index in [1.807, 2.05) is 38.4 Å². The van der Waals surface area contributed by atoms with Gasteiger partial charge in [0.25, 0.3) is 0 Å². The summed E-state index contributed by atoms with van der Waals surface area (Å²) in [7, 11) is 4.05. The Morgan fingerprint density at radius 3 is 2.64 bits per heavy atom. The van der Waals surface area contributed by atoms with Gasteiger partial charge in [-0.2, -0.15) is 0 Å². The molecule has 0 unspecified atom stereocenters. The highest BCUT2D eigenvalue weighted by Gasteiger charge is 1.98. The smallest absolute Gasteiger partial charge is 0.0465 e. The fraction of sp³-hybridized carbons (Fsp3) is 0.333. The molecule has 0 aliphatic carbocycles. The summed E-state index contributed by atoms with van der Waals surface area (Å²) in [5.74, 6) is 0. The normalized spacial score (nSPS) is 10.8. The lowest BCUT2D eigenvalue weighted by atomic mass is 10.1. The zero-order valence-corrected chi connectivity index (χ0v) is 8.77. The van der Waals surface area contributed by atoms with Gasteiger partial charge in [0.1, 0.15) is 0 Å². The van der Waals surface area contributed by atoms with Crippen LogP contribution >= 0.6 is 0 Å². The molecule has 2 nitrogen and oxygen atoms in total. The van der Waals surface area contributed by atoms with Crippen LogP contribution < -0.4 is 4.90 Å². The van der Waals surface area contributed by atoms with Gasteiger partial charge in [0.05, 0.1) is 0 Å². The van der Waals surface area contributed by atoms with Gasteiger partial charge in [-0.15, -0.1) is 0 Å². The standard InChI is InChI=1S/C12H17NO/c1-13(2)12-9-4-3-7-11(12)8-5-6-10-14/h3-5,7-9,14H,6,10H2,1-2H3. The number of nitrogens with zero attached hydrogens (tertiary/aromatic N) is 1. The first-order valence-electron chi connectivity index (χ1n) is 4.79. The molecule has 14 heavy (non-hydrogen) atoms. The predicted molar refractivity (Wildman–Crippen MR) is 61.5 cm³/mol. The van der Waals surface area contributed by atoms with Crippen LogP contribution in [0.15, 0.2) is 30.3 Å². The van der Waals surface area contributed by atoms with Gasteiger partial charge in [-0.1, -0.05) is 30.4 Å². The third-order valence-electron chi connectivity index (χ3n) is 2.01. The van der Waals surface area contributed by atoms with Crippen molar-refractivity contribution in [3.05, 3.63) is 35.9 Å². The average Bonchev–Trinajstić information content (AvgIpc) is 2.19. The molecule has 0 aliphatic heterocycles. The molecule has 0 aliphatic rings. The molecule has 0 spiro atoms. The third kappa shape index (κ3) is 2.89. The van der Waals surface area contributed by atoms with Crippen LogP contribution in [0.2, 0.25) is 0 Å². The van der Waals surface area contributed by atoms with Crippen molar-refractivity contribution < 1.29 is 5.11 Å². The molecule has 1 aromatic rings. The zero-order valence-electron chi connectivity index (χ0n) is 8.77. The number of benzene rings is 1. The highest BCUT2D eigenvalue weighted by Crippen LogP contribution is 2.19. The van der Waals surface area contributed by atoms with E-state index in [4.69, 9.17) is 5.11 Å². The van der Waals surface area contributed by atoms with Crippen molar-refractivity contribution >= 4 is 11.8 Å².